The number of likely N-dealkylation sites (tertiary alicyclic amines) is 1. The molecule has 0 aromatic rings. The Labute approximate surface area is 220 Å². The monoisotopic (exact) mass is 510 g/mol. The molecule has 1 aliphatic heterocycles. The van der Waals surface area contributed by atoms with Gasteiger partial charge in [0.05, 0.1) is 6.04 Å². The lowest BCUT2D eigenvalue weighted by atomic mass is 9.91. The molecule has 2 amide bonds. The first kappa shape index (κ1) is 32.2. The zero-order valence-corrected chi connectivity index (χ0v) is 24.0. The molecule has 210 valence electrons. The quantitative estimate of drug-likeness (QED) is 0.180. The maximum absolute atomic E-state index is 13.0. The van der Waals surface area contributed by atoms with E-state index in [1.165, 1.54) is 84.5 Å². The van der Waals surface area contributed by atoms with E-state index in [2.05, 4.69) is 12.2 Å². The summed E-state index contributed by atoms with van der Waals surface area (Å²) in [6.07, 6.45) is 17.3. The summed E-state index contributed by atoms with van der Waals surface area (Å²) in [5, 5.41) is 2.86. The van der Waals surface area contributed by atoms with Crippen LogP contribution in [0.2, 0.25) is 0 Å². The second-order valence-electron chi connectivity index (χ2n) is 11.5. The van der Waals surface area contributed by atoms with Crippen molar-refractivity contribution in [2.75, 3.05) is 6.54 Å². The summed E-state index contributed by atoms with van der Waals surface area (Å²) < 4.78 is 11.2. The van der Waals surface area contributed by atoms with Crippen molar-refractivity contribution in [2.45, 2.75) is 162 Å². The minimum atomic E-state index is -0.604. The van der Waals surface area contributed by atoms with Crippen LogP contribution in [-0.2, 0) is 19.1 Å². The molecule has 0 aliphatic carbocycles. The lowest BCUT2D eigenvalue weighted by Gasteiger charge is -2.43. The van der Waals surface area contributed by atoms with Crippen molar-refractivity contribution in [1.82, 2.24) is 10.2 Å². The van der Waals surface area contributed by atoms with Crippen LogP contribution in [0.3, 0.4) is 0 Å². The van der Waals surface area contributed by atoms with E-state index in [-0.39, 0.29) is 30.6 Å². The summed E-state index contributed by atoms with van der Waals surface area (Å²) in [5.74, 6) is -0.586. The van der Waals surface area contributed by atoms with Crippen molar-refractivity contribution < 1.29 is 23.9 Å². The van der Waals surface area contributed by atoms with E-state index in [9.17, 15) is 14.4 Å². The highest BCUT2D eigenvalue weighted by Gasteiger charge is 2.41. The van der Waals surface area contributed by atoms with Crippen LogP contribution in [0.1, 0.15) is 138 Å². The molecule has 1 N–H and O–H groups in total. The molecule has 1 aliphatic rings. The highest BCUT2D eigenvalue weighted by molar-refractivity contribution is 5.74. The van der Waals surface area contributed by atoms with Gasteiger partial charge in [-0.25, -0.2) is 4.79 Å². The Kier molecular flexibility index (Phi) is 15.8. The Hall–Kier alpha value is -1.79. The number of unbranched alkanes of at least 4 members (excludes halogenated alkanes) is 12. The van der Waals surface area contributed by atoms with E-state index in [1.807, 2.05) is 20.8 Å². The highest BCUT2D eigenvalue weighted by atomic mass is 16.6. The Balaban J connectivity index is 2.50. The third-order valence-corrected chi connectivity index (χ3v) is 6.76. The third-order valence-electron chi connectivity index (χ3n) is 6.76. The highest BCUT2D eigenvalue weighted by Crippen LogP contribution is 2.27. The molecule has 36 heavy (non-hydrogen) atoms. The maximum atomic E-state index is 13.0. The van der Waals surface area contributed by atoms with Gasteiger partial charge in [-0.2, -0.15) is 0 Å². The van der Waals surface area contributed by atoms with Crippen LogP contribution in [0.5, 0.6) is 0 Å². The number of amides is 2. The minimum Gasteiger partial charge on any atom is -0.460 e. The number of nitrogens with one attached hydrogen (secondary N) is 1. The van der Waals surface area contributed by atoms with E-state index in [0.29, 0.717) is 6.42 Å². The predicted molar refractivity (Wildman–Crippen MR) is 145 cm³/mol. The molecule has 0 aromatic heterocycles. The van der Waals surface area contributed by atoms with Crippen molar-refractivity contribution >= 4 is 18.0 Å². The summed E-state index contributed by atoms with van der Waals surface area (Å²) in [6.45, 7) is 10.9. The van der Waals surface area contributed by atoms with Gasteiger partial charge in [0.1, 0.15) is 11.7 Å². The first-order valence-electron chi connectivity index (χ1n) is 14.5. The van der Waals surface area contributed by atoms with Gasteiger partial charge in [0.2, 0.25) is 5.91 Å². The average Bonchev–Trinajstić information content (AvgIpc) is 2.76. The van der Waals surface area contributed by atoms with Crippen LogP contribution in [0.15, 0.2) is 0 Å². The number of esters is 1. The van der Waals surface area contributed by atoms with Gasteiger partial charge in [0.15, 0.2) is 0 Å². The van der Waals surface area contributed by atoms with Crippen molar-refractivity contribution in [3.63, 3.8) is 0 Å². The molecule has 0 spiro atoms. The Morgan fingerprint density at radius 2 is 1.33 bits per heavy atom. The third kappa shape index (κ3) is 14.7. The minimum absolute atomic E-state index is 0.0816. The first-order chi connectivity index (χ1) is 17.0. The van der Waals surface area contributed by atoms with Gasteiger partial charge in [-0.3, -0.25) is 9.59 Å². The van der Waals surface area contributed by atoms with Crippen LogP contribution in [0, 0.1) is 0 Å². The van der Waals surface area contributed by atoms with Gasteiger partial charge in [-0.15, -0.1) is 0 Å². The van der Waals surface area contributed by atoms with Gasteiger partial charge in [-0.1, -0.05) is 90.4 Å². The van der Waals surface area contributed by atoms with Gasteiger partial charge in [-0.05, 0) is 27.2 Å². The number of ether oxygens (including phenoxy) is 2. The van der Waals surface area contributed by atoms with E-state index >= 15 is 0 Å². The van der Waals surface area contributed by atoms with Crippen molar-refractivity contribution in [3.05, 3.63) is 0 Å². The first-order valence-corrected chi connectivity index (χ1v) is 14.5. The van der Waals surface area contributed by atoms with E-state index in [1.54, 1.807) is 4.90 Å². The Bertz CT molecular complexity index is 646. The number of nitrogens with zero attached hydrogens (tertiary/aromatic N) is 1. The predicted octanol–water partition coefficient (Wildman–Crippen LogP) is 6.91. The number of hydrogen-bond donors (Lipinski definition) is 1. The maximum Gasteiger partial charge on any atom is 0.410 e. The second kappa shape index (κ2) is 17.6. The summed E-state index contributed by atoms with van der Waals surface area (Å²) in [7, 11) is 0. The smallest absolute Gasteiger partial charge is 0.410 e. The standard InChI is InChI=1S/C29H54N2O5/c1-7-8-9-10-11-12-13-14-15-16-17-18-19-20-25-21-27(35-24(3)33)26(30-23(2)32)22-31(25)28(34)36-29(4,5)6/h25-27H,7-22H2,1-6H3,(H,30,32)/t25-,26+,27-/m1/s1. The van der Waals surface area contributed by atoms with Crippen LogP contribution in [-0.4, -0.2) is 53.2 Å². The zero-order valence-electron chi connectivity index (χ0n) is 24.0. The molecule has 1 heterocycles. The Morgan fingerprint density at radius 3 is 1.78 bits per heavy atom. The molecule has 3 atom stereocenters. The van der Waals surface area contributed by atoms with E-state index in [0.717, 1.165) is 19.3 Å². The normalized spacial score (nSPS) is 20.2. The molecule has 1 saturated heterocycles. The molecule has 0 aromatic carbocycles. The molecule has 0 bridgehead atoms. The van der Waals surface area contributed by atoms with Gasteiger partial charge in [0, 0.05) is 32.9 Å². The molecule has 1 rings (SSSR count). The van der Waals surface area contributed by atoms with Gasteiger partial charge in [0.25, 0.3) is 0 Å². The summed E-state index contributed by atoms with van der Waals surface area (Å²) in [5.41, 5.74) is -0.604. The fraction of sp³-hybridized carbons (Fsp3) is 0.897. The number of carbonyl (C=O) groups excluding carboxylic acids is 3. The largest absolute Gasteiger partial charge is 0.460 e. The lowest BCUT2D eigenvalue weighted by molar-refractivity contribution is -0.152. The van der Waals surface area contributed by atoms with Crippen molar-refractivity contribution in [1.29, 1.82) is 0 Å². The molecular formula is C29H54N2O5. The molecule has 0 saturated carbocycles. The van der Waals surface area contributed by atoms with Gasteiger partial charge < -0.3 is 19.7 Å². The van der Waals surface area contributed by atoms with Crippen LogP contribution >= 0.6 is 0 Å². The fourth-order valence-corrected chi connectivity index (χ4v) is 5.00. The number of hydrogen-bond acceptors (Lipinski definition) is 5. The number of piperidine rings is 1. The van der Waals surface area contributed by atoms with Crippen LogP contribution in [0.25, 0.3) is 0 Å². The van der Waals surface area contributed by atoms with Crippen LogP contribution < -0.4 is 5.32 Å². The molecule has 1 fully saturated rings. The summed E-state index contributed by atoms with van der Waals surface area (Å²) >= 11 is 0. The molecule has 0 unspecified atom stereocenters. The summed E-state index contributed by atoms with van der Waals surface area (Å²) in [6, 6.07) is -0.524. The summed E-state index contributed by atoms with van der Waals surface area (Å²) in [4.78, 5) is 38.2. The molecular weight excluding hydrogens is 456 g/mol. The van der Waals surface area contributed by atoms with E-state index < -0.39 is 17.7 Å². The van der Waals surface area contributed by atoms with E-state index in [4.69, 9.17) is 9.47 Å². The molecule has 7 heteroatoms. The second-order valence-corrected chi connectivity index (χ2v) is 11.5. The number of carbonyl (C=O) groups is 3. The zero-order chi connectivity index (χ0) is 27.0. The molecule has 7 nitrogen and oxygen atoms in total. The van der Waals surface area contributed by atoms with Gasteiger partial charge >= 0.3 is 12.1 Å². The SMILES string of the molecule is CCCCCCCCCCCCCCC[C@@H]1C[C@@H](OC(C)=O)[C@@H](NC(C)=O)CN1C(=O)OC(C)(C)C. The van der Waals surface area contributed by atoms with Crippen molar-refractivity contribution in [2.24, 2.45) is 0 Å². The lowest BCUT2D eigenvalue weighted by Crippen LogP contribution is -2.61. The molecule has 0 radical (unpaired) electrons. The number of rotatable bonds is 16. The van der Waals surface area contributed by atoms with Crippen molar-refractivity contribution in [3.8, 4) is 0 Å². The Morgan fingerprint density at radius 1 is 0.833 bits per heavy atom. The van der Waals surface area contributed by atoms with Crippen LogP contribution in [0.4, 0.5) is 4.79 Å². The average molecular weight is 511 g/mol. The fourth-order valence-electron chi connectivity index (χ4n) is 5.00. The topological polar surface area (TPSA) is 84.9 Å².